The van der Waals surface area contributed by atoms with Gasteiger partial charge in [-0.1, -0.05) is 0 Å². The molecule has 3 rings (SSSR count). The number of amides is 1. The number of hydrogen-bond donors (Lipinski definition) is 2. The summed E-state index contributed by atoms with van der Waals surface area (Å²) in [5.41, 5.74) is 6.67. The fourth-order valence-corrected chi connectivity index (χ4v) is 2.40. The zero-order valence-corrected chi connectivity index (χ0v) is 14.5. The number of pyridine rings is 1. The van der Waals surface area contributed by atoms with E-state index < -0.39 is 18.1 Å². The zero-order chi connectivity index (χ0) is 20.7. The summed E-state index contributed by atoms with van der Waals surface area (Å²) in [5.74, 6) is -2.55. The lowest BCUT2D eigenvalue weighted by molar-refractivity contribution is -0.192. The van der Waals surface area contributed by atoms with Crippen LogP contribution in [0.5, 0.6) is 0 Å². The summed E-state index contributed by atoms with van der Waals surface area (Å²) in [6.07, 6.45) is -0.110. The van der Waals surface area contributed by atoms with Crippen molar-refractivity contribution in [1.82, 2.24) is 15.0 Å². The van der Waals surface area contributed by atoms with E-state index >= 15 is 0 Å². The molecule has 1 aliphatic rings. The number of carbonyl (C=O) groups is 2. The summed E-state index contributed by atoms with van der Waals surface area (Å²) in [7, 11) is 0. The van der Waals surface area contributed by atoms with Gasteiger partial charge in [-0.15, -0.1) is 0 Å². The number of halogens is 3. The van der Waals surface area contributed by atoms with Crippen molar-refractivity contribution in [2.24, 2.45) is 5.73 Å². The van der Waals surface area contributed by atoms with Gasteiger partial charge in [-0.05, 0) is 12.1 Å². The van der Waals surface area contributed by atoms with Gasteiger partial charge in [0.1, 0.15) is 17.8 Å². The molecule has 0 spiro atoms. The van der Waals surface area contributed by atoms with Gasteiger partial charge in [-0.25, -0.2) is 14.8 Å². The maximum Gasteiger partial charge on any atom is 0.490 e. The van der Waals surface area contributed by atoms with Gasteiger partial charge in [-0.3, -0.25) is 9.78 Å². The third-order valence-electron chi connectivity index (χ3n) is 3.78. The van der Waals surface area contributed by atoms with E-state index in [9.17, 15) is 18.0 Å². The van der Waals surface area contributed by atoms with Crippen molar-refractivity contribution in [3.63, 3.8) is 0 Å². The predicted molar refractivity (Wildman–Crippen MR) is 92.9 cm³/mol. The van der Waals surface area contributed by atoms with Crippen LogP contribution in [0.4, 0.5) is 24.7 Å². The molecule has 3 heterocycles. The van der Waals surface area contributed by atoms with Crippen LogP contribution in [0.2, 0.25) is 0 Å². The number of carboxylic acid groups (broad SMARTS) is 1. The second-order valence-corrected chi connectivity index (χ2v) is 5.61. The summed E-state index contributed by atoms with van der Waals surface area (Å²) in [6.45, 7) is 3.44. The molecule has 28 heavy (non-hydrogen) atoms. The molecular formula is C16H17F3N6O3. The Morgan fingerprint density at radius 2 is 1.57 bits per heavy atom. The number of carboxylic acids is 1. The first-order valence-corrected chi connectivity index (χ1v) is 8.00. The minimum absolute atomic E-state index is 0.247. The van der Waals surface area contributed by atoms with Crippen molar-refractivity contribution in [1.29, 1.82) is 0 Å². The van der Waals surface area contributed by atoms with E-state index in [-0.39, 0.29) is 5.69 Å². The standard InChI is InChI=1S/C14H16N6O.C2HF3O2/c15-14(21)12-9-13(18-10-17-12)20-7-5-19(6-8-20)11-1-3-16-4-2-11;3-2(4,5)1(6)7/h1-4,9-10H,5-8H2,(H2,15,21);(H,6,7). The molecule has 1 fully saturated rings. The van der Waals surface area contributed by atoms with Gasteiger partial charge in [0, 0.05) is 50.3 Å². The van der Waals surface area contributed by atoms with Crippen molar-refractivity contribution in [2.75, 3.05) is 36.0 Å². The molecule has 12 heteroatoms. The van der Waals surface area contributed by atoms with E-state index in [0.29, 0.717) is 0 Å². The van der Waals surface area contributed by atoms with E-state index in [1.165, 1.54) is 12.0 Å². The molecule has 0 unspecified atom stereocenters. The van der Waals surface area contributed by atoms with Crippen molar-refractivity contribution in [3.8, 4) is 0 Å². The molecule has 2 aromatic heterocycles. The third kappa shape index (κ3) is 5.79. The average Bonchev–Trinajstić information content (AvgIpc) is 2.68. The van der Waals surface area contributed by atoms with Crippen LogP contribution < -0.4 is 15.5 Å². The first-order valence-electron chi connectivity index (χ1n) is 8.00. The van der Waals surface area contributed by atoms with Crippen molar-refractivity contribution in [2.45, 2.75) is 6.18 Å². The number of alkyl halides is 3. The topological polar surface area (TPSA) is 126 Å². The number of rotatable bonds is 3. The number of aromatic nitrogens is 3. The summed E-state index contributed by atoms with van der Waals surface area (Å²) in [5, 5.41) is 7.12. The first-order chi connectivity index (χ1) is 13.2. The van der Waals surface area contributed by atoms with Gasteiger partial charge in [0.2, 0.25) is 0 Å². The monoisotopic (exact) mass is 398 g/mol. The Bertz CT molecular complexity index is 811. The number of piperazine rings is 1. The Morgan fingerprint density at radius 3 is 2.07 bits per heavy atom. The Morgan fingerprint density at radius 1 is 1.04 bits per heavy atom. The van der Waals surface area contributed by atoms with Crippen LogP contribution in [0.25, 0.3) is 0 Å². The molecule has 1 saturated heterocycles. The van der Waals surface area contributed by atoms with Crippen molar-refractivity contribution in [3.05, 3.63) is 42.6 Å². The number of hydrogen-bond acceptors (Lipinski definition) is 7. The number of primary amides is 1. The fourth-order valence-electron chi connectivity index (χ4n) is 2.40. The Kier molecular flexibility index (Phi) is 6.69. The Balaban J connectivity index is 0.000000345. The van der Waals surface area contributed by atoms with Crippen LogP contribution in [0.15, 0.2) is 36.9 Å². The number of nitrogens with two attached hydrogens (primary N) is 1. The molecule has 1 amide bonds. The molecule has 0 atom stereocenters. The third-order valence-corrected chi connectivity index (χ3v) is 3.78. The minimum Gasteiger partial charge on any atom is -0.475 e. The highest BCUT2D eigenvalue weighted by molar-refractivity contribution is 5.91. The summed E-state index contributed by atoms with van der Waals surface area (Å²) >= 11 is 0. The molecule has 0 aromatic carbocycles. The Labute approximate surface area is 157 Å². The number of carbonyl (C=O) groups excluding carboxylic acids is 1. The summed E-state index contributed by atoms with van der Waals surface area (Å²) in [6, 6.07) is 5.65. The van der Waals surface area contributed by atoms with Crippen molar-refractivity contribution < 1.29 is 27.9 Å². The lowest BCUT2D eigenvalue weighted by atomic mass is 10.2. The SMILES string of the molecule is NC(=O)c1cc(N2CCN(c3ccncc3)CC2)ncn1.O=C(O)C(F)(F)F. The normalized spacial score (nSPS) is 14.1. The molecule has 9 nitrogen and oxygen atoms in total. The molecular weight excluding hydrogens is 381 g/mol. The van der Waals surface area contributed by atoms with Gasteiger partial charge in [0.05, 0.1) is 0 Å². The second-order valence-electron chi connectivity index (χ2n) is 5.61. The molecule has 0 aliphatic carbocycles. The lowest BCUT2D eigenvalue weighted by Gasteiger charge is -2.36. The van der Waals surface area contributed by atoms with E-state index in [2.05, 4.69) is 24.8 Å². The van der Waals surface area contributed by atoms with Crippen molar-refractivity contribution >= 4 is 23.4 Å². The zero-order valence-electron chi connectivity index (χ0n) is 14.5. The quantitative estimate of drug-likeness (QED) is 0.782. The van der Waals surface area contributed by atoms with Gasteiger partial charge in [-0.2, -0.15) is 13.2 Å². The molecule has 0 radical (unpaired) electrons. The van der Waals surface area contributed by atoms with Crippen LogP contribution >= 0.6 is 0 Å². The average molecular weight is 398 g/mol. The number of aliphatic carboxylic acids is 1. The largest absolute Gasteiger partial charge is 0.490 e. The molecule has 0 saturated carbocycles. The number of anilines is 2. The van der Waals surface area contributed by atoms with Crippen LogP contribution in [0.1, 0.15) is 10.5 Å². The summed E-state index contributed by atoms with van der Waals surface area (Å²) < 4.78 is 31.7. The van der Waals surface area contributed by atoms with Gasteiger partial charge < -0.3 is 20.6 Å². The fraction of sp³-hybridized carbons (Fsp3) is 0.312. The van der Waals surface area contributed by atoms with E-state index in [1.54, 1.807) is 18.5 Å². The highest BCUT2D eigenvalue weighted by Crippen LogP contribution is 2.18. The summed E-state index contributed by atoms with van der Waals surface area (Å²) in [4.78, 5) is 36.6. The van der Waals surface area contributed by atoms with E-state index in [0.717, 1.165) is 32.0 Å². The Hall–Kier alpha value is -3.44. The smallest absolute Gasteiger partial charge is 0.475 e. The number of nitrogens with zero attached hydrogens (tertiary/aromatic N) is 5. The molecule has 0 bridgehead atoms. The van der Waals surface area contributed by atoms with Gasteiger partial charge in [0.25, 0.3) is 5.91 Å². The van der Waals surface area contributed by atoms with Gasteiger partial charge >= 0.3 is 12.1 Å². The maximum atomic E-state index is 11.2. The van der Waals surface area contributed by atoms with E-state index in [1.807, 2.05) is 12.1 Å². The molecule has 150 valence electrons. The maximum absolute atomic E-state index is 11.2. The molecule has 3 N–H and O–H groups in total. The molecule has 1 aliphatic heterocycles. The minimum atomic E-state index is -5.08. The van der Waals surface area contributed by atoms with Crippen LogP contribution in [0.3, 0.4) is 0 Å². The predicted octanol–water partition coefficient (Wildman–Crippen LogP) is 0.930. The van der Waals surface area contributed by atoms with Gasteiger partial charge in [0.15, 0.2) is 0 Å². The second kappa shape index (κ2) is 8.97. The van der Waals surface area contributed by atoms with E-state index in [4.69, 9.17) is 15.6 Å². The molecule has 2 aromatic rings. The van der Waals surface area contributed by atoms with Crippen LogP contribution in [0, 0.1) is 0 Å². The van der Waals surface area contributed by atoms with Crippen LogP contribution in [-0.2, 0) is 4.79 Å². The highest BCUT2D eigenvalue weighted by Gasteiger charge is 2.38. The lowest BCUT2D eigenvalue weighted by Crippen LogP contribution is -2.46. The van der Waals surface area contributed by atoms with Crippen LogP contribution in [-0.4, -0.2) is 64.3 Å². The first kappa shape index (κ1) is 20.9. The highest BCUT2D eigenvalue weighted by atomic mass is 19.4.